The molecule has 0 amide bonds. The summed E-state index contributed by atoms with van der Waals surface area (Å²) in [4.78, 5) is 11.0. The third kappa shape index (κ3) is 3.22. The maximum Gasteiger partial charge on any atom is 0.150 e. The van der Waals surface area contributed by atoms with Crippen molar-refractivity contribution in [2.45, 2.75) is 26.3 Å². The number of thiol groups is 1. The Bertz CT molecular complexity index is 106. The van der Waals surface area contributed by atoms with Crippen LogP contribution in [0, 0.1) is 0 Å². The molecule has 0 aromatic carbocycles. The van der Waals surface area contributed by atoms with Crippen molar-refractivity contribution >= 4 is 18.4 Å². The van der Waals surface area contributed by atoms with Crippen LogP contribution in [0.25, 0.3) is 0 Å². The second-order valence-electron chi connectivity index (χ2n) is 2.11. The molecule has 1 N–H and O–H groups in total. The third-order valence-electron chi connectivity index (χ3n) is 1.37. The number of carbonyl (C=O) groups is 1. The molecule has 0 aliphatic heterocycles. The molecule has 0 aliphatic rings. The van der Waals surface area contributed by atoms with Gasteiger partial charge in [0.25, 0.3) is 0 Å². The summed E-state index contributed by atoms with van der Waals surface area (Å²) in [7, 11) is 0. The highest BCUT2D eigenvalue weighted by Crippen LogP contribution is 1.93. The van der Waals surface area contributed by atoms with Crippen LogP contribution in [0.2, 0.25) is 0 Å². The van der Waals surface area contributed by atoms with Crippen molar-refractivity contribution in [3.8, 4) is 0 Å². The van der Waals surface area contributed by atoms with Gasteiger partial charge in [-0.2, -0.15) is 12.6 Å². The molecule has 0 heterocycles. The van der Waals surface area contributed by atoms with Gasteiger partial charge in [0.1, 0.15) is 5.78 Å². The van der Waals surface area contributed by atoms with Gasteiger partial charge in [0.2, 0.25) is 0 Å². The fourth-order valence-corrected chi connectivity index (χ4v) is 1.11. The van der Waals surface area contributed by atoms with E-state index < -0.39 is 0 Å². The summed E-state index contributed by atoms with van der Waals surface area (Å²) < 4.78 is 0. The largest absolute Gasteiger partial charge is 0.307 e. The standard InChI is InChI=1S/C7H15NOS/c1-3-7(9)6(5-10)8-4-2/h6,8,10H,3-5H2,1-2H3/t6-/m0/s1. The Balaban J connectivity index is 3.68. The summed E-state index contributed by atoms with van der Waals surface area (Å²) in [6.07, 6.45) is 0.595. The molecule has 60 valence electrons. The number of likely N-dealkylation sites (N-methyl/N-ethyl adjacent to an activating group) is 1. The fourth-order valence-electron chi connectivity index (χ4n) is 0.773. The molecule has 0 spiro atoms. The van der Waals surface area contributed by atoms with E-state index in [0.29, 0.717) is 12.2 Å². The highest BCUT2D eigenvalue weighted by molar-refractivity contribution is 7.80. The molecule has 1 atom stereocenters. The van der Waals surface area contributed by atoms with Crippen LogP contribution in [0.15, 0.2) is 0 Å². The van der Waals surface area contributed by atoms with Crippen molar-refractivity contribution in [1.82, 2.24) is 5.32 Å². The lowest BCUT2D eigenvalue weighted by atomic mass is 10.2. The van der Waals surface area contributed by atoms with Crippen molar-refractivity contribution in [2.24, 2.45) is 0 Å². The molecule has 0 fully saturated rings. The Morgan fingerprint density at radius 2 is 2.20 bits per heavy atom. The normalized spacial score (nSPS) is 13.1. The van der Waals surface area contributed by atoms with Crippen LogP contribution in [-0.4, -0.2) is 24.1 Å². The van der Waals surface area contributed by atoms with Gasteiger partial charge in [0, 0.05) is 12.2 Å². The number of ketones is 1. The van der Waals surface area contributed by atoms with Gasteiger partial charge in [-0.15, -0.1) is 0 Å². The Labute approximate surface area is 67.8 Å². The van der Waals surface area contributed by atoms with Crippen LogP contribution in [0.3, 0.4) is 0 Å². The van der Waals surface area contributed by atoms with E-state index >= 15 is 0 Å². The van der Waals surface area contributed by atoms with Crippen molar-refractivity contribution in [2.75, 3.05) is 12.3 Å². The molecule has 10 heavy (non-hydrogen) atoms. The van der Waals surface area contributed by atoms with Gasteiger partial charge in [-0.1, -0.05) is 13.8 Å². The predicted molar refractivity (Wildman–Crippen MR) is 46.6 cm³/mol. The third-order valence-corrected chi connectivity index (χ3v) is 1.74. The summed E-state index contributed by atoms with van der Waals surface area (Å²) in [6.45, 7) is 4.69. The second-order valence-corrected chi connectivity index (χ2v) is 2.48. The molecule has 0 rings (SSSR count). The van der Waals surface area contributed by atoms with Crippen molar-refractivity contribution in [3.63, 3.8) is 0 Å². The van der Waals surface area contributed by atoms with Crippen LogP contribution in [0.4, 0.5) is 0 Å². The lowest BCUT2D eigenvalue weighted by Gasteiger charge is -2.11. The highest BCUT2D eigenvalue weighted by atomic mass is 32.1. The first kappa shape index (κ1) is 9.98. The summed E-state index contributed by atoms with van der Waals surface area (Å²) >= 11 is 4.06. The van der Waals surface area contributed by atoms with Gasteiger partial charge in [-0.25, -0.2) is 0 Å². The number of nitrogens with one attached hydrogen (secondary N) is 1. The van der Waals surface area contributed by atoms with Gasteiger partial charge in [0.05, 0.1) is 6.04 Å². The molecular formula is C7H15NOS. The molecule has 3 heteroatoms. The van der Waals surface area contributed by atoms with Crippen LogP contribution >= 0.6 is 12.6 Å². The Hall–Kier alpha value is -0.0200. The van der Waals surface area contributed by atoms with Crippen LogP contribution in [-0.2, 0) is 4.79 Å². The van der Waals surface area contributed by atoms with E-state index in [1.165, 1.54) is 0 Å². The first-order chi connectivity index (χ1) is 4.76. The van der Waals surface area contributed by atoms with E-state index in [4.69, 9.17) is 0 Å². The highest BCUT2D eigenvalue weighted by Gasteiger charge is 2.11. The molecule has 0 saturated heterocycles. The number of hydrogen-bond acceptors (Lipinski definition) is 3. The van der Waals surface area contributed by atoms with Crippen LogP contribution in [0.5, 0.6) is 0 Å². The monoisotopic (exact) mass is 161 g/mol. The molecule has 0 saturated carbocycles. The van der Waals surface area contributed by atoms with E-state index in [-0.39, 0.29) is 11.8 Å². The van der Waals surface area contributed by atoms with Crippen molar-refractivity contribution in [3.05, 3.63) is 0 Å². The topological polar surface area (TPSA) is 29.1 Å². The fraction of sp³-hybridized carbons (Fsp3) is 0.857. The Morgan fingerprint density at radius 1 is 1.60 bits per heavy atom. The van der Waals surface area contributed by atoms with Gasteiger partial charge in [-0.3, -0.25) is 4.79 Å². The van der Waals surface area contributed by atoms with Crippen LogP contribution in [0.1, 0.15) is 20.3 Å². The lowest BCUT2D eigenvalue weighted by Crippen LogP contribution is -2.37. The molecule has 0 aliphatic carbocycles. The van der Waals surface area contributed by atoms with Crippen molar-refractivity contribution < 1.29 is 4.79 Å². The summed E-state index contributed by atoms with van der Waals surface area (Å²) in [6, 6.07) is -0.0432. The molecule has 2 nitrogen and oxygen atoms in total. The van der Waals surface area contributed by atoms with Crippen molar-refractivity contribution in [1.29, 1.82) is 0 Å². The first-order valence-electron chi connectivity index (χ1n) is 3.63. The minimum absolute atomic E-state index is 0.0432. The van der Waals surface area contributed by atoms with Crippen LogP contribution < -0.4 is 5.32 Å². The minimum Gasteiger partial charge on any atom is -0.307 e. The second kappa shape index (κ2) is 5.74. The summed E-state index contributed by atoms with van der Waals surface area (Å²) in [5.74, 6) is 0.845. The zero-order chi connectivity index (χ0) is 7.98. The van der Waals surface area contributed by atoms with E-state index in [2.05, 4.69) is 17.9 Å². The van der Waals surface area contributed by atoms with Gasteiger partial charge >= 0.3 is 0 Å². The molecule has 0 unspecified atom stereocenters. The number of hydrogen-bond donors (Lipinski definition) is 2. The lowest BCUT2D eigenvalue weighted by molar-refractivity contribution is -0.120. The maximum absolute atomic E-state index is 11.0. The molecular weight excluding hydrogens is 146 g/mol. The van der Waals surface area contributed by atoms with E-state index in [1.54, 1.807) is 0 Å². The zero-order valence-corrected chi connectivity index (χ0v) is 7.45. The smallest absolute Gasteiger partial charge is 0.150 e. The van der Waals surface area contributed by atoms with Gasteiger partial charge < -0.3 is 5.32 Å². The minimum atomic E-state index is -0.0432. The number of carbonyl (C=O) groups excluding carboxylic acids is 1. The average Bonchev–Trinajstić information content (AvgIpc) is 1.99. The number of rotatable bonds is 5. The quantitative estimate of drug-likeness (QED) is 0.586. The zero-order valence-electron chi connectivity index (χ0n) is 6.55. The average molecular weight is 161 g/mol. The maximum atomic E-state index is 11.0. The molecule has 0 aromatic heterocycles. The molecule has 0 aromatic rings. The Kier molecular flexibility index (Phi) is 5.73. The summed E-state index contributed by atoms with van der Waals surface area (Å²) in [5, 5.41) is 3.06. The van der Waals surface area contributed by atoms with Gasteiger partial charge in [0.15, 0.2) is 0 Å². The SMILES string of the molecule is CCN[C@@H](CS)C(=O)CC. The molecule has 0 bridgehead atoms. The summed E-state index contributed by atoms with van der Waals surface area (Å²) in [5.41, 5.74) is 0. The number of Topliss-reactive ketones (excluding diaryl/α,β-unsaturated/α-hetero) is 1. The van der Waals surface area contributed by atoms with E-state index in [9.17, 15) is 4.79 Å². The molecule has 0 radical (unpaired) electrons. The van der Waals surface area contributed by atoms with E-state index in [0.717, 1.165) is 6.54 Å². The Morgan fingerprint density at radius 3 is 2.50 bits per heavy atom. The first-order valence-corrected chi connectivity index (χ1v) is 4.26. The van der Waals surface area contributed by atoms with Gasteiger partial charge in [-0.05, 0) is 6.54 Å². The predicted octanol–water partition coefficient (Wildman–Crippen LogP) is 0.873. The van der Waals surface area contributed by atoms with E-state index in [1.807, 2.05) is 13.8 Å².